The molecule has 1 aliphatic carbocycles. The maximum atomic E-state index is 13.1. The number of nitrogens with zero attached hydrogens (tertiary/aromatic N) is 5. The van der Waals surface area contributed by atoms with Crippen molar-refractivity contribution in [2.75, 3.05) is 43.9 Å². The summed E-state index contributed by atoms with van der Waals surface area (Å²) >= 11 is -1.15. The number of nitrogens with two attached hydrogens (primary N) is 1. The number of likely N-dealkylation sites (N-methyl/N-ethyl adjacent to an activating group) is 1. The van der Waals surface area contributed by atoms with E-state index in [1.54, 1.807) is 0 Å². The summed E-state index contributed by atoms with van der Waals surface area (Å²) in [7, 11) is 2.11. The van der Waals surface area contributed by atoms with Gasteiger partial charge in [-0.15, -0.1) is 0 Å². The zero-order valence-corrected chi connectivity index (χ0v) is 17.5. The zero-order chi connectivity index (χ0) is 20.1. The fourth-order valence-electron chi connectivity index (χ4n) is 3.76. The number of anilines is 2. The number of rotatable bonds is 3. The normalized spacial score (nSPS) is 27.9. The number of alkyl halides is 4. The van der Waals surface area contributed by atoms with Crippen molar-refractivity contribution in [2.45, 2.75) is 34.9 Å². The molecular weight excluding hydrogens is 490 g/mol. The Morgan fingerprint density at radius 2 is 2.04 bits per heavy atom. The van der Waals surface area contributed by atoms with E-state index >= 15 is 0 Å². The summed E-state index contributed by atoms with van der Waals surface area (Å²) in [5.41, 5.74) is 5.88. The predicted octanol–water partition coefficient (Wildman–Crippen LogP) is -2.94. The van der Waals surface area contributed by atoms with Crippen molar-refractivity contribution >= 4 is 17.7 Å². The van der Waals surface area contributed by atoms with Crippen LogP contribution in [0.15, 0.2) is 0 Å². The summed E-state index contributed by atoms with van der Waals surface area (Å²) in [6.07, 6.45) is -2.31. The molecule has 1 saturated carbocycles. The number of piperidine rings is 1. The minimum absolute atomic E-state index is 0.0350. The van der Waals surface area contributed by atoms with E-state index < -0.39 is 37.2 Å². The van der Waals surface area contributed by atoms with Gasteiger partial charge in [-0.1, -0.05) is 0 Å². The molecule has 1 aromatic heterocycles. The molecule has 3 N–H and O–H groups in total. The monoisotopic (exact) mass is 512 g/mol. The first-order valence-electron chi connectivity index (χ1n) is 9.12. The molecule has 2 saturated heterocycles. The van der Waals surface area contributed by atoms with E-state index in [9.17, 15) is 18.0 Å². The van der Waals surface area contributed by atoms with Gasteiger partial charge in [0.1, 0.15) is 0 Å². The molecule has 0 bridgehead atoms. The van der Waals surface area contributed by atoms with Crippen LogP contribution >= 0.6 is 0 Å². The van der Waals surface area contributed by atoms with E-state index in [1.165, 1.54) is 0 Å². The van der Waals surface area contributed by atoms with Crippen molar-refractivity contribution in [3.05, 3.63) is 3.70 Å². The second-order valence-electron chi connectivity index (χ2n) is 7.65. The van der Waals surface area contributed by atoms with Crippen LogP contribution in [0.1, 0.15) is 19.3 Å². The average Bonchev–Trinajstić information content (AvgIpc) is 3.40. The van der Waals surface area contributed by atoms with Crippen molar-refractivity contribution in [2.24, 2.45) is 5.92 Å². The number of carbonyl (C=O) groups is 1. The van der Waals surface area contributed by atoms with Crippen LogP contribution < -0.4 is 37.2 Å². The molecule has 0 radical (unpaired) electrons. The van der Waals surface area contributed by atoms with Gasteiger partial charge in [0.25, 0.3) is 0 Å². The Morgan fingerprint density at radius 1 is 1.29 bits per heavy atom. The molecule has 0 unspecified atom stereocenters. The van der Waals surface area contributed by atoms with Gasteiger partial charge in [0.2, 0.25) is 0 Å². The van der Waals surface area contributed by atoms with Gasteiger partial charge in [-0.25, -0.2) is 0 Å². The van der Waals surface area contributed by atoms with Gasteiger partial charge >= 0.3 is 171 Å². The molecule has 156 valence electrons. The van der Waals surface area contributed by atoms with Crippen LogP contribution in [0.4, 0.5) is 24.9 Å². The first-order chi connectivity index (χ1) is 13.2. The second kappa shape index (κ2) is 7.11. The molecule has 4 rings (SSSR count). The van der Waals surface area contributed by atoms with Gasteiger partial charge < -0.3 is 0 Å². The average molecular weight is 512 g/mol. The number of aromatic nitrogens is 3. The fraction of sp³-hybridized carbons (Fsp3) is 0.750. The Morgan fingerprint density at radius 3 is 2.71 bits per heavy atom. The standard InChI is InChI=1S/C16H22F3IN7O/c1-26-4-5-27(8-15(26)2-3-15)12-11(24-25-14(21)23-12)20-10-6-9(16(17,18)19)7-22-13(10)28/h9-10H,2-8H2,1H3,(H,22,28)(H2,21,23,25)/q-1/t9-,10+/m1/s1. The molecule has 12 heteroatoms. The minimum atomic E-state index is -4.32. The van der Waals surface area contributed by atoms with E-state index in [4.69, 9.17) is 5.73 Å². The molecule has 1 amide bonds. The van der Waals surface area contributed by atoms with Crippen LogP contribution in [0.2, 0.25) is 0 Å². The Kier molecular flexibility index (Phi) is 5.04. The van der Waals surface area contributed by atoms with Crippen molar-refractivity contribution in [1.82, 2.24) is 25.4 Å². The second-order valence-corrected chi connectivity index (χ2v) is 10.8. The van der Waals surface area contributed by atoms with Crippen LogP contribution in [0.25, 0.3) is 0 Å². The Bertz CT molecular complexity index is 773. The van der Waals surface area contributed by atoms with Crippen molar-refractivity contribution in [1.29, 1.82) is 0 Å². The van der Waals surface area contributed by atoms with Gasteiger partial charge in [0.05, 0.1) is 0 Å². The number of piperazine rings is 1. The van der Waals surface area contributed by atoms with Crippen LogP contribution in [-0.4, -0.2) is 74.9 Å². The topological polar surface area (TPSA) is 100 Å². The molecule has 3 fully saturated rings. The Balaban J connectivity index is 1.56. The summed E-state index contributed by atoms with van der Waals surface area (Å²) in [4.78, 5) is 21.0. The number of amides is 1. The van der Waals surface area contributed by atoms with E-state index in [-0.39, 0.29) is 30.4 Å². The van der Waals surface area contributed by atoms with Crippen molar-refractivity contribution in [3.8, 4) is 0 Å². The maximum absolute atomic E-state index is 13.1. The molecule has 1 aromatic rings. The molecule has 1 spiro atoms. The first kappa shape index (κ1) is 19.9. The third-order valence-corrected chi connectivity index (χ3v) is 8.88. The summed E-state index contributed by atoms with van der Waals surface area (Å²) in [5.74, 6) is -1.24. The van der Waals surface area contributed by atoms with Gasteiger partial charge in [-0.3, -0.25) is 0 Å². The van der Waals surface area contributed by atoms with E-state index in [0.717, 1.165) is 32.5 Å². The summed E-state index contributed by atoms with van der Waals surface area (Å²) < 4.78 is 39.2. The van der Waals surface area contributed by atoms with Gasteiger partial charge in [-0.05, 0) is 0 Å². The summed E-state index contributed by atoms with van der Waals surface area (Å²) in [6.45, 7) is 2.01. The summed E-state index contributed by atoms with van der Waals surface area (Å²) in [5, 5.41) is 10.4. The number of nitrogen functional groups attached to an aromatic ring is 1. The molecule has 2 atom stereocenters. The third-order valence-electron chi connectivity index (χ3n) is 5.77. The first-order valence-corrected chi connectivity index (χ1v) is 11.4. The van der Waals surface area contributed by atoms with Gasteiger partial charge in [-0.2, -0.15) is 0 Å². The number of carbonyl (C=O) groups excluding carboxylic acids is 1. The Hall–Kier alpha value is -1.44. The quantitative estimate of drug-likeness (QED) is 0.331. The van der Waals surface area contributed by atoms with Crippen LogP contribution in [-0.2, 0) is 4.79 Å². The molecule has 3 aliphatic rings. The molecule has 2 aliphatic heterocycles. The molecule has 3 heterocycles. The summed E-state index contributed by atoms with van der Waals surface area (Å²) in [6, 6.07) is 0. The fourth-order valence-corrected chi connectivity index (χ4v) is 6.82. The zero-order valence-electron chi connectivity index (χ0n) is 15.3. The van der Waals surface area contributed by atoms with Crippen molar-refractivity contribution in [3.63, 3.8) is 0 Å². The van der Waals surface area contributed by atoms with Gasteiger partial charge in [0, 0.05) is 0 Å². The number of hydrogen-bond donors (Lipinski definition) is 2. The molecule has 8 nitrogen and oxygen atoms in total. The van der Waals surface area contributed by atoms with Crippen LogP contribution in [0, 0.1) is 9.62 Å². The van der Waals surface area contributed by atoms with Gasteiger partial charge in [0.15, 0.2) is 0 Å². The van der Waals surface area contributed by atoms with Crippen molar-refractivity contribution < 1.29 is 39.2 Å². The van der Waals surface area contributed by atoms with Crippen LogP contribution in [0.5, 0.6) is 0 Å². The van der Waals surface area contributed by atoms with E-state index in [0.29, 0.717) is 9.52 Å². The molecule has 28 heavy (non-hydrogen) atoms. The Labute approximate surface area is 170 Å². The molecule has 0 aromatic carbocycles. The third kappa shape index (κ3) is 3.84. The van der Waals surface area contributed by atoms with E-state index in [2.05, 4.69) is 37.3 Å². The van der Waals surface area contributed by atoms with Crippen LogP contribution in [0.3, 0.4) is 0 Å². The van der Waals surface area contributed by atoms with E-state index in [1.807, 2.05) is 0 Å². The number of nitrogens with one attached hydrogen (secondary N) is 1. The number of halogens is 4. The predicted molar refractivity (Wildman–Crippen MR) is 90.7 cm³/mol. The number of hydrogen-bond acceptors (Lipinski definition) is 7. The molecular formula is C16H22F3IN7O-. The SMILES string of the molecule is CN1CCN(c2nc(N)nnc2[I-][C@H]2C[C@@H](C(F)(F)F)CNC2=O)CC12CC2.